The van der Waals surface area contributed by atoms with E-state index in [1.165, 1.54) is 24.9 Å². The van der Waals surface area contributed by atoms with E-state index in [1.807, 2.05) is 6.20 Å². The Kier molecular flexibility index (Phi) is 4.10. The SMILES string of the molecule is Cc1ccc2nc([C@H]3CCCN3CCCn3ccnc3C)[nH]c2c1. The van der Waals surface area contributed by atoms with Crippen LogP contribution in [0.4, 0.5) is 0 Å². The minimum absolute atomic E-state index is 0.432. The van der Waals surface area contributed by atoms with Crippen LogP contribution in [0.5, 0.6) is 0 Å². The lowest BCUT2D eigenvalue weighted by Gasteiger charge is -2.22. The van der Waals surface area contributed by atoms with E-state index >= 15 is 0 Å². The normalized spacial score (nSPS) is 18.7. The van der Waals surface area contributed by atoms with Crippen molar-refractivity contribution in [2.75, 3.05) is 13.1 Å². The average molecular weight is 323 g/mol. The van der Waals surface area contributed by atoms with Gasteiger partial charge < -0.3 is 9.55 Å². The molecule has 1 saturated heterocycles. The first-order valence-electron chi connectivity index (χ1n) is 8.89. The molecule has 4 rings (SSSR count). The van der Waals surface area contributed by atoms with Crippen LogP contribution in [0, 0.1) is 13.8 Å². The molecule has 1 N–H and O–H groups in total. The summed E-state index contributed by atoms with van der Waals surface area (Å²) in [5.41, 5.74) is 3.51. The fourth-order valence-corrected chi connectivity index (χ4v) is 3.79. The summed E-state index contributed by atoms with van der Waals surface area (Å²) in [7, 11) is 0. The molecule has 0 radical (unpaired) electrons. The fourth-order valence-electron chi connectivity index (χ4n) is 3.79. The van der Waals surface area contributed by atoms with Gasteiger partial charge in [0.15, 0.2) is 0 Å². The quantitative estimate of drug-likeness (QED) is 0.780. The zero-order valence-corrected chi connectivity index (χ0v) is 14.5. The maximum atomic E-state index is 4.85. The Bertz CT molecular complexity index is 831. The Morgan fingerprint density at radius 2 is 2.17 bits per heavy atom. The summed E-state index contributed by atoms with van der Waals surface area (Å²) in [6.07, 6.45) is 7.55. The highest BCUT2D eigenvalue weighted by atomic mass is 15.2. The monoisotopic (exact) mass is 323 g/mol. The summed E-state index contributed by atoms with van der Waals surface area (Å²) in [5, 5.41) is 0. The number of H-pyrrole nitrogens is 1. The van der Waals surface area contributed by atoms with Gasteiger partial charge in [-0.1, -0.05) is 6.07 Å². The van der Waals surface area contributed by atoms with Gasteiger partial charge >= 0.3 is 0 Å². The number of rotatable bonds is 5. The van der Waals surface area contributed by atoms with Crippen molar-refractivity contribution < 1.29 is 0 Å². The van der Waals surface area contributed by atoms with E-state index in [2.05, 4.69) is 57.7 Å². The van der Waals surface area contributed by atoms with Gasteiger partial charge in [-0.3, -0.25) is 4.90 Å². The Balaban J connectivity index is 1.44. The van der Waals surface area contributed by atoms with Crippen molar-refractivity contribution in [1.82, 2.24) is 24.4 Å². The summed E-state index contributed by atoms with van der Waals surface area (Å²) in [6.45, 7) is 7.51. The van der Waals surface area contributed by atoms with Crippen molar-refractivity contribution in [3.05, 3.63) is 47.8 Å². The Morgan fingerprint density at radius 3 is 3.00 bits per heavy atom. The second-order valence-corrected chi connectivity index (χ2v) is 6.86. The zero-order valence-electron chi connectivity index (χ0n) is 14.5. The third-order valence-electron chi connectivity index (χ3n) is 5.10. The Morgan fingerprint density at radius 1 is 1.25 bits per heavy atom. The molecule has 0 aliphatic carbocycles. The molecule has 126 valence electrons. The minimum atomic E-state index is 0.432. The third kappa shape index (κ3) is 2.96. The lowest BCUT2D eigenvalue weighted by atomic mass is 10.2. The van der Waals surface area contributed by atoms with Crippen molar-refractivity contribution in [3.63, 3.8) is 0 Å². The first-order valence-corrected chi connectivity index (χ1v) is 8.89. The molecule has 0 spiro atoms. The number of hydrogen-bond acceptors (Lipinski definition) is 3. The van der Waals surface area contributed by atoms with Crippen molar-refractivity contribution in [3.8, 4) is 0 Å². The van der Waals surface area contributed by atoms with E-state index in [4.69, 9.17) is 4.98 Å². The molecule has 1 aliphatic heterocycles. The van der Waals surface area contributed by atoms with E-state index < -0.39 is 0 Å². The number of aryl methyl sites for hydroxylation is 3. The molecule has 1 aromatic carbocycles. The summed E-state index contributed by atoms with van der Waals surface area (Å²) in [6, 6.07) is 6.87. The van der Waals surface area contributed by atoms with Gasteiger partial charge in [0.2, 0.25) is 0 Å². The summed E-state index contributed by atoms with van der Waals surface area (Å²) < 4.78 is 2.23. The van der Waals surface area contributed by atoms with Gasteiger partial charge in [-0.2, -0.15) is 0 Å². The predicted octanol–water partition coefficient (Wildman–Crippen LogP) is 3.60. The van der Waals surface area contributed by atoms with Gasteiger partial charge in [0.1, 0.15) is 11.6 Å². The average Bonchev–Trinajstić information content (AvgIpc) is 3.27. The highest BCUT2D eigenvalue weighted by molar-refractivity contribution is 5.75. The number of nitrogens with zero attached hydrogens (tertiary/aromatic N) is 4. The highest BCUT2D eigenvalue weighted by Crippen LogP contribution is 2.31. The number of hydrogen-bond donors (Lipinski definition) is 1. The fraction of sp³-hybridized carbons (Fsp3) is 0.474. The zero-order chi connectivity index (χ0) is 16.5. The van der Waals surface area contributed by atoms with Crippen molar-refractivity contribution in [2.24, 2.45) is 0 Å². The highest BCUT2D eigenvalue weighted by Gasteiger charge is 2.28. The van der Waals surface area contributed by atoms with E-state index in [-0.39, 0.29) is 0 Å². The molecule has 2 aromatic heterocycles. The summed E-state index contributed by atoms with van der Waals surface area (Å²) >= 11 is 0. The third-order valence-corrected chi connectivity index (χ3v) is 5.10. The number of aromatic nitrogens is 4. The Hall–Kier alpha value is -2.14. The van der Waals surface area contributed by atoms with E-state index in [0.29, 0.717) is 6.04 Å². The van der Waals surface area contributed by atoms with Crippen LogP contribution in [-0.4, -0.2) is 37.5 Å². The standard InChI is InChI=1S/C19H25N5/c1-14-6-7-16-17(13-14)22-19(21-16)18-5-3-9-24(18)11-4-10-23-12-8-20-15(23)2/h6-8,12-13,18H,3-5,9-11H2,1-2H3,(H,21,22)/t18-/m1/s1. The number of likely N-dealkylation sites (tertiary alicyclic amines) is 1. The van der Waals surface area contributed by atoms with Gasteiger partial charge in [0, 0.05) is 25.5 Å². The van der Waals surface area contributed by atoms with Crippen LogP contribution in [0.1, 0.15) is 42.5 Å². The van der Waals surface area contributed by atoms with Crippen LogP contribution < -0.4 is 0 Å². The van der Waals surface area contributed by atoms with Crippen LogP contribution in [0.2, 0.25) is 0 Å². The van der Waals surface area contributed by atoms with Crippen molar-refractivity contribution >= 4 is 11.0 Å². The number of fused-ring (bicyclic) bond motifs is 1. The van der Waals surface area contributed by atoms with Crippen molar-refractivity contribution in [1.29, 1.82) is 0 Å². The molecule has 1 aliphatic rings. The number of benzene rings is 1. The molecule has 3 aromatic rings. The van der Waals surface area contributed by atoms with Gasteiger partial charge in [0.05, 0.1) is 17.1 Å². The molecule has 0 bridgehead atoms. The molecule has 5 heteroatoms. The lowest BCUT2D eigenvalue weighted by molar-refractivity contribution is 0.242. The van der Waals surface area contributed by atoms with Gasteiger partial charge in [-0.15, -0.1) is 0 Å². The molecule has 3 heterocycles. The lowest BCUT2D eigenvalue weighted by Crippen LogP contribution is -2.26. The largest absolute Gasteiger partial charge is 0.341 e. The van der Waals surface area contributed by atoms with Crippen LogP contribution in [0.25, 0.3) is 11.0 Å². The second-order valence-electron chi connectivity index (χ2n) is 6.86. The molecule has 1 fully saturated rings. The maximum absolute atomic E-state index is 4.85. The maximum Gasteiger partial charge on any atom is 0.124 e. The molecule has 1 atom stereocenters. The molecule has 0 unspecified atom stereocenters. The first kappa shape index (κ1) is 15.4. The minimum Gasteiger partial charge on any atom is -0.341 e. The number of imidazole rings is 2. The number of aromatic amines is 1. The number of nitrogens with one attached hydrogen (secondary N) is 1. The van der Waals surface area contributed by atoms with Gasteiger partial charge in [-0.25, -0.2) is 9.97 Å². The molecule has 5 nitrogen and oxygen atoms in total. The molecular formula is C19H25N5. The topological polar surface area (TPSA) is 49.7 Å². The molecular weight excluding hydrogens is 298 g/mol. The van der Waals surface area contributed by atoms with E-state index in [1.54, 1.807) is 0 Å². The second kappa shape index (κ2) is 6.40. The van der Waals surface area contributed by atoms with Crippen molar-refractivity contribution in [2.45, 2.75) is 45.7 Å². The van der Waals surface area contributed by atoms with Crippen LogP contribution in [0.15, 0.2) is 30.6 Å². The van der Waals surface area contributed by atoms with Crippen LogP contribution in [-0.2, 0) is 6.54 Å². The molecule has 0 amide bonds. The smallest absolute Gasteiger partial charge is 0.124 e. The van der Waals surface area contributed by atoms with Crippen LogP contribution in [0.3, 0.4) is 0 Å². The first-order chi connectivity index (χ1) is 11.7. The molecule has 24 heavy (non-hydrogen) atoms. The molecule has 0 saturated carbocycles. The van der Waals surface area contributed by atoms with Gasteiger partial charge in [0.25, 0.3) is 0 Å². The summed E-state index contributed by atoms with van der Waals surface area (Å²) in [4.78, 5) is 15.3. The van der Waals surface area contributed by atoms with Gasteiger partial charge in [-0.05, 0) is 57.4 Å². The van der Waals surface area contributed by atoms with E-state index in [0.717, 1.165) is 42.2 Å². The van der Waals surface area contributed by atoms with E-state index in [9.17, 15) is 0 Å². The predicted molar refractivity (Wildman–Crippen MR) is 96.0 cm³/mol. The van der Waals surface area contributed by atoms with Crippen LogP contribution >= 0.6 is 0 Å². The Labute approximate surface area is 142 Å². The summed E-state index contributed by atoms with van der Waals surface area (Å²) in [5.74, 6) is 2.23.